The summed E-state index contributed by atoms with van der Waals surface area (Å²) in [6.45, 7) is 4.47. The predicted octanol–water partition coefficient (Wildman–Crippen LogP) is 11.9. The van der Waals surface area contributed by atoms with Gasteiger partial charge in [-0.1, -0.05) is 204 Å². The molecule has 1 aliphatic heterocycles. The van der Waals surface area contributed by atoms with Gasteiger partial charge in [-0.2, -0.15) is 0 Å². The van der Waals surface area contributed by atoms with Crippen LogP contribution in [-0.2, 0) is 23.7 Å². The fourth-order valence-corrected chi connectivity index (χ4v) is 7.68. The molecule has 60 heavy (non-hydrogen) atoms. The van der Waals surface area contributed by atoms with Crippen LogP contribution in [0, 0.1) is 0 Å². The molecule has 352 valence electrons. The van der Waals surface area contributed by atoms with Gasteiger partial charge in [0.15, 0.2) is 6.29 Å². The first-order valence-electron chi connectivity index (χ1n) is 25.1. The number of hydrogen-bond donors (Lipinski definition) is 4. The fourth-order valence-electron chi connectivity index (χ4n) is 7.68. The minimum Gasteiger partial charge on any atom is -0.457 e. The molecule has 1 fully saturated rings. The van der Waals surface area contributed by atoms with Crippen LogP contribution in [0.1, 0.15) is 219 Å². The van der Waals surface area contributed by atoms with E-state index in [2.05, 4.69) is 50.3 Å². The largest absolute Gasteiger partial charge is 0.457 e. The average Bonchev–Trinajstić information content (AvgIpc) is 3.25. The molecule has 0 spiro atoms. The monoisotopic (exact) mass is 851 g/mol. The van der Waals surface area contributed by atoms with Crippen LogP contribution in [0.15, 0.2) is 36.5 Å². The summed E-state index contributed by atoms with van der Waals surface area (Å²) in [5, 5.41) is 40.2. The molecule has 9 heteroatoms. The Morgan fingerprint density at radius 1 is 0.550 bits per heavy atom. The van der Waals surface area contributed by atoms with Crippen LogP contribution in [0.3, 0.4) is 0 Å². The third kappa shape index (κ3) is 33.0. The highest BCUT2D eigenvalue weighted by atomic mass is 16.7. The normalized spacial score (nSPS) is 20.3. The van der Waals surface area contributed by atoms with Crippen molar-refractivity contribution in [3.05, 3.63) is 36.5 Å². The van der Waals surface area contributed by atoms with Crippen molar-refractivity contribution in [3.8, 4) is 0 Å². The molecule has 0 saturated carbocycles. The molecule has 0 aromatic rings. The summed E-state index contributed by atoms with van der Waals surface area (Å²) in [5.41, 5.74) is 0. The van der Waals surface area contributed by atoms with Gasteiger partial charge in [0.25, 0.3) is 0 Å². The van der Waals surface area contributed by atoms with Crippen molar-refractivity contribution in [1.29, 1.82) is 0 Å². The maximum atomic E-state index is 12.8. The Hall–Kier alpha value is -1.59. The number of aliphatic hydroxyl groups is 4. The summed E-state index contributed by atoms with van der Waals surface area (Å²) < 4.78 is 22.9. The summed E-state index contributed by atoms with van der Waals surface area (Å²) in [7, 11) is 0. The number of unbranched alkanes of at least 4 members (excludes halogenated alkanes) is 26. The number of carbonyl (C=O) groups is 1. The summed E-state index contributed by atoms with van der Waals surface area (Å²) >= 11 is 0. The van der Waals surface area contributed by atoms with Gasteiger partial charge in [0, 0.05) is 13.0 Å². The van der Waals surface area contributed by atoms with E-state index < -0.39 is 43.4 Å². The van der Waals surface area contributed by atoms with Crippen LogP contribution in [0.2, 0.25) is 0 Å². The van der Waals surface area contributed by atoms with Crippen LogP contribution in [0.5, 0.6) is 0 Å². The van der Waals surface area contributed by atoms with Crippen LogP contribution >= 0.6 is 0 Å². The Labute approximate surface area is 368 Å². The van der Waals surface area contributed by atoms with Gasteiger partial charge in [0.05, 0.1) is 19.8 Å². The number of carbonyl (C=O) groups excluding carboxylic acids is 1. The molecule has 0 aromatic carbocycles. The van der Waals surface area contributed by atoms with Crippen molar-refractivity contribution in [2.24, 2.45) is 0 Å². The van der Waals surface area contributed by atoms with Gasteiger partial charge in [-0.05, 0) is 44.9 Å². The molecule has 1 rings (SSSR count). The second-order valence-corrected chi connectivity index (χ2v) is 17.2. The zero-order valence-electron chi connectivity index (χ0n) is 38.7. The maximum Gasteiger partial charge on any atom is 0.306 e. The van der Waals surface area contributed by atoms with E-state index in [0.717, 1.165) is 57.8 Å². The predicted molar refractivity (Wildman–Crippen MR) is 247 cm³/mol. The molecule has 6 unspecified atom stereocenters. The summed E-state index contributed by atoms with van der Waals surface area (Å²) in [4.78, 5) is 12.8. The van der Waals surface area contributed by atoms with Gasteiger partial charge >= 0.3 is 5.97 Å². The molecule has 0 aromatic heterocycles. The van der Waals surface area contributed by atoms with Gasteiger partial charge in [-0.25, -0.2) is 0 Å². The van der Waals surface area contributed by atoms with Crippen LogP contribution < -0.4 is 0 Å². The molecule has 1 aliphatic rings. The molecular weight excluding hydrogens is 757 g/mol. The highest BCUT2D eigenvalue weighted by molar-refractivity contribution is 5.69. The zero-order chi connectivity index (χ0) is 43.6. The lowest BCUT2D eigenvalue weighted by Gasteiger charge is -2.39. The first kappa shape index (κ1) is 56.4. The smallest absolute Gasteiger partial charge is 0.306 e. The zero-order valence-corrected chi connectivity index (χ0v) is 38.7. The first-order chi connectivity index (χ1) is 29.4. The molecule has 6 atom stereocenters. The maximum absolute atomic E-state index is 12.8. The van der Waals surface area contributed by atoms with Crippen molar-refractivity contribution in [2.75, 3.05) is 26.4 Å². The highest BCUT2D eigenvalue weighted by Crippen LogP contribution is 2.23. The van der Waals surface area contributed by atoms with Gasteiger partial charge < -0.3 is 39.4 Å². The quantitative estimate of drug-likeness (QED) is 0.0269. The van der Waals surface area contributed by atoms with E-state index >= 15 is 0 Å². The number of hydrogen-bond acceptors (Lipinski definition) is 9. The Kier molecular flexibility index (Phi) is 40.2. The van der Waals surface area contributed by atoms with Crippen LogP contribution in [-0.4, -0.2) is 89.6 Å². The molecule has 9 nitrogen and oxygen atoms in total. The van der Waals surface area contributed by atoms with Crippen molar-refractivity contribution < 1.29 is 44.2 Å². The minimum atomic E-state index is -1.54. The van der Waals surface area contributed by atoms with Gasteiger partial charge in [0.1, 0.15) is 30.5 Å². The van der Waals surface area contributed by atoms with E-state index in [-0.39, 0.29) is 19.2 Å². The SMILES string of the molecule is CC/C=C\C/C=C\C/C=C\CCCCCCCCCCOCC(COC1OC(CO)C(O)C(O)C1O)OC(=O)CCCCCCCCCCCCCCCCCCCCC. The minimum absolute atomic E-state index is 0.114. The van der Waals surface area contributed by atoms with E-state index in [1.54, 1.807) is 0 Å². The van der Waals surface area contributed by atoms with Crippen LogP contribution in [0.25, 0.3) is 0 Å². The van der Waals surface area contributed by atoms with E-state index in [9.17, 15) is 25.2 Å². The Balaban J connectivity index is 2.21. The van der Waals surface area contributed by atoms with Gasteiger partial charge in [-0.3, -0.25) is 4.79 Å². The molecule has 0 radical (unpaired) electrons. The van der Waals surface area contributed by atoms with Crippen molar-refractivity contribution in [1.82, 2.24) is 0 Å². The molecule has 1 heterocycles. The average molecular weight is 851 g/mol. The van der Waals surface area contributed by atoms with Crippen molar-refractivity contribution >= 4 is 5.97 Å². The Morgan fingerprint density at radius 3 is 1.53 bits per heavy atom. The van der Waals surface area contributed by atoms with E-state index in [1.807, 2.05) is 0 Å². The van der Waals surface area contributed by atoms with Crippen molar-refractivity contribution in [3.63, 3.8) is 0 Å². The topological polar surface area (TPSA) is 135 Å². The standard InChI is InChI=1S/C51H94O9/c1-3-5-7-9-11-13-15-17-19-21-23-24-26-28-30-32-34-36-38-40-47(53)59-45(44-58-51-50(56)49(55)48(54)46(42-52)60-51)43-57-41-39-37-35-33-31-29-27-25-22-20-18-16-14-12-10-8-6-4-2/h6,8,12,14,18,20,45-46,48-52,54-56H,3-5,7,9-11,13,15-17,19,21-44H2,1-2H3/b8-6-,14-12-,20-18-. The number of rotatable bonds is 43. The fraction of sp³-hybridized carbons (Fsp3) is 0.863. The summed E-state index contributed by atoms with van der Waals surface area (Å²) in [5.74, 6) is -0.313. The third-order valence-electron chi connectivity index (χ3n) is 11.6. The molecule has 0 amide bonds. The third-order valence-corrected chi connectivity index (χ3v) is 11.6. The second-order valence-electron chi connectivity index (χ2n) is 17.2. The lowest BCUT2D eigenvalue weighted by Crippen LogP contribution is -2.59. The number of allylic oxidation sites excluding steroid dienone is 6. The molecule has 4 N–H and O–H groups in total. The highest BCUT2D eigenvalue weighted by Gasteiger charge is 2.44. The molecule has 0 bridgehead atoms. The van der Waals surface area contributed by atoms with E-state index in [1.165, 1.54) is 141 Å². The van der Waals surface area contributed by atoms with Crippen LogP contribution in [0.4, 0.5) is 0 Å². The Bertz CT molecular complexity index is 1010. The lowest BCUT2D eigenvalue weighted by molar-refractivity contribution is -0.305. The number of ether oxygens (including phenoxy) is 4. The van der Waals surface area contributed by atoms with Gasteiger partial charge in [-0.15, -0.1) is 0 Å². The lowest BCUT2D eigenvalue weighted by atomic mass is 9.99. The first-order valence-corrected chi connectivity index (χ1v) is 25.1. The van der Waals surface area contributed by atoms with Gasteiger partial charge in [0.2, 0.25) is 0 Å². The number of esters is 1. The number of aliphatic hydroxyl groups excluding tert-OH is 4. The second kappa shape index (κ2) is 42.7. The van der Waals surface area contributed by atoms with Crippen molar-refractivity contribution in [2.45, 2.75) is 256 Å². The molecular formula is C51H94O9. The Morgan fingerprint density at radius 2 is 1.02 bits per heavy atom. The summed E-state index contributed by atoms with van der Waals surface area (Å²) in [6, 6.07) is 0. The van der Waals surface area contributed by atoms with E-state index in [4.69, 9.17) is 18.9 Å². The van der Waals surface area contributed by atoms with E-state index in [0.29, 0.717) is 13.0 Å². The summed E-state index contributed by atoms with van der Waals surface area (Å²) in [6.07, 6.45) is 44.6. The molecule has 0 aliphatic carbocycles. The molecule has 1 saturated heterocycles.